The third kappa shape index (κ3) is 1.63. The Morgan fingerprint density at radius 3 is 3.44 bits per heavy atom. The van der Waals surface area contributed by atoms with Crippen molar-refractivity contribution in [2.24, 2.45) is 0 Å². The van der Waals surface area contributed by atoms with Gasteiger partial charge in [0.15, 0.2) is 0 Å². The van der Waals surface area contributed by atoms with E-state index in [9.17, 15) is 4.39 Å². The topological polar surface area (TPSA) is 21.3 Å². The van der Waals surface area contributed by atoms with Gasteiger partial charge in [0, 0.05) is 13.6 Å². The number of nitrogens with one attached hydrogen (secondary N) is 1. The fourth-order valence-electron chi connectivity index (χ4n) is 0.929. The quantitative estimate of drug-likeness (QED) is 0.561. The van der Waals surface area contributed by atoms with E-state index < -0.39 is 19.3 Å². The molecule has 1 N–H and O–H groups in total. The van der Waals surface area contributed by atoms with Crippen molar-refractivity contribution in [2.75, 3.05) is 20.1 Å². The van der Waals surface area contributed by atoms with Crippen molar-refractivity contribution in [3.8, 4) is 0 Å². The van der Waals surface area contributed by atoms with Gasteiger partial charge >= 0.3 is 0 Å². The second kappa shape index (κ2) is 3.13. The van der Waals surface area contributed by atoms with Crippen LogP contribution in [0.3, 0.4) is 0 Å². The lowest BCUT2D eigenvalue weighted by atomic mass is 10.1. The van der Waals surface area contributed by atoms with Crippen LogP contribution in [0.1, 0.15) is 10.5 Å². The zero-order valence-electron chi connectivity index (χ0n) is 8.06. The second-order valence-electron chi connectivity index (χ2n) is 2.17. The van der Waals surface area contributed by atoms with E-state index in [0.29, 0.717) is 13.0 Å². The third-order valence-electron chi connectivity index (χ3n) is 1.50. The highest BCUT2D eigenvalue weighted by molar-refractivity contribution is 4.77. The summed E-state index contributed by atoms with van der Waals surface area (Å²) in [5.74, 6) is 0. The molecule has 1 rings (SSSR count). The van der Waals surface area contributed by atoms with E-state index in [2.05, 4.69) is 10.1 Å². The van der Waals surface area contributed by atoms with Crippen LogP contribution >= 0.6 is 0 Å². The summed E-state index contributed by atoms with van der Waals surface area (Å²) in [6.07, 6.45) is -1.57. The molecule has 0 aromatic heterocycles. The number of rotatable bonds is 1. The fraction of sp³-hybridized carbons (Fsp3) is 1.00. The van der Waals surface area contributed by atoms with E-state index in [1.165, 1.54) is 0 Å². The van der Waals surface area contributed by atoms with E-state index >= 15 is 0 Å². The smallest absolute Gasteiger partial charge is 0.139 e. The van der Waals surface area contributed by atoms with Gasteiger partial charge in [-0.25, -0.2) is 4.39 Å². The predicted octanol–water partition coefficient (Wildman–Crippen LogP) is 0.333. The van der Waals surface area contributed by atoms with Crippen LogP contribution in [-0.4, -0.2) is 32.4 Å². The van der Waals surface area contributed by atoms with Crippen LogP contribution in [-0.2, 0) is 4.74 Å². The minimum Gasteiger partial charge on any atom is -0.378 e. The number of hydrogen-bond acceptors (Lipinski definition) is 2. The van der Waals surface area contributed by atoms with Crippen LogP contribution in [0.2, 0.25) is 0 Å². The molecule has 0 saturated carbocycles. The van der Waals surface area contributed by atoms with Gasteiger partial charge in [-0.3, -0.25) is 0 Å². The van der Waals surface area contributed by atoms with Crippen molar-refractivity contribution in [1.82, 2.24) is 5.32 Å². The highest BCUT2D eigenvalue weighted by Gasteiger charge is 2.23. The summed E-state index contributed by atoms with van der Waals surface area (Å²) in [4.78, 5) is 0. The van der Waals surface area contributed by atoms with E-state index in [-0.39, 0.29) is 6.54 Å². The molecule has 0 spiro atoms. The SMILES string of the molecule is [2H]C([2H])([2H])OC1CCNCC1F. The summed E-state index contributed by atoms with van der Waals surface area (Å²) < 4.78 is 37.9. The van der Waals surface area contributed by atoms with E-state index in [0.717, 1.165) is 0 Å². The molecule has 54 valence electrons. The first-order valence-corrected chi connectivity index (χ1v) is 3.01. The van der Waals surface area contributed by atoms with Gasteiger partial charge in [0.1, 0.15) is 6.17 Å². The summed E-state index contributed by atoms with van der Waals surface area (Å²) in [7, 11) is -2.48. The molecule has 1 heterocycles. The molecule has 1 aliphatic rings. The van der Waals surface area contributed by atoms with Gasteiger partial charge in [-0.1, -0.05) is 0 Å². The van der Waals surface area contributed by atoms with Gasteiger partial charge in [0.05, 0.1) is 10.2 Å². The maximum absolute atomic E-state index is 12.9. The molecule has 0 amide bonds. The Balaban J connectivity index is 2.39. The lowest BCUT2D eigenvalue weighted by Gasteiger charge is -2.24. The Bertz CT molecular complexity index is 152. The van der Waals surface area contributed by atoms with Crippen LogP contribution in [0.4, 0.5) is 4.39 Å². The molecule has 1 fully saturated rings. The molecule has 2 atom stereocenters. The second-order valence-corrected chi connectivity index (χ2v) is 2.17. The standard InChI is InChI=1S/C6H12FNO/c1-9-6-2-3-8-4-5(6)7/h5-6,8H,2-4H2,1H3/i1D3. The zero-order valence-corrected chi connectivity index (χ0v) is 5.06. The first kappa shape index (κ1) is 3.88. The van der Waals surface area contributed by atoms with Gasteiger partial charge in [0.25, 0.3) is 0 Å². The Morgan fingerprint density at radius 1 is 1.89 bits per heavy atom. The van der Waals surface area contributed by atoms with Crippen molar-refractivity contribution in [1.29, 1.82) is 0 Å². The van der Waals surface area contributed by atoms with Crippen molar-refractivity contribution in [3.05, 3.63) is 0 Å². The Labute approximate surface area is 58.6 Å². The molecule has 2 nitrogen and oxygen atoms in total. The largest absolute Gasteiger partial charge is 0.378 e. The first-order valence-electron chi connectivity index (χ1n) is 4.51. The minimum absolute atomic E-state index is 0.181. The number of hydrogen-bond donors (Lipinski definition) is 1. The van der Waals surface area contributed by atoms with E-state index in [1.54, 1.807) is 0 Å². The molecule has 0 bridgehead atoms. The van der Waals surface area contributed by atoms with Gasteiger partial charge in [-0.05, 0) is 13.0 Å². The highest BCUT2D eigenvalue weighted by atomic mass is 19.1. The van der Waals surface area contributed by atoms with Crippen LogP contribution in [0.5, 0.6) is 0 Å². The summed E-state index contributed by atoms with van der Waals surface area (Å²) in [6, 6.07) is 0. The number of halogens is 1. The Kier molecular flexibility index (Phi) is 1.35. The summed E-state index contributed by atoms with van der Waals surface area (Å²) in [6.45, 7) is 0.794. The monoisotopic (exact) mass is 136 g/mol. The van der Waals surface area contributed by atoms with Crippen LogP contribution < -0.4 is 5.32 Å². The summed E-state index contributed by atoms with van der Waals surface area (Å²) in [5, 5.41) is 2.81. The number of methoxy groups -OCH3 is 1. The van der Waals surface area contributed by atoms with Gasteiger partial charge < -0.3 is 10.1 Å². The fourth-order valence-corrected chi connectivity index (χ4v) is 0.929. The van der Waals surface area contributed by atoms with Crippen molar-refractivity contribution < 1.29 is 13.2 Å². The maximum atomic E-state index is 12.9. The third-order valence-corrected chi connectivity index (χ3v) is 1.50. The highest BCUT2D eigenvalue weighted by Crippen LogP contribution is 2.09. The van der Waals surface area contributed by atoms with Crippen LogP contribution in [0.15, 0.2) is 0 Å². The number of alkyl halides is 1. The molecule has 1 aliphatic heterocycles. The number of ether oxygens (including phenoxy) is 1. The molecular formula is C6H12FNO. The van der Waals surface area contributed by atoms with E-state index in [1.807, 2.05) is 0 Å². The Hall–Kier alpha value is -0.150. The molecule has 9 heavy (non-hydrogen) atoms. The molecular weight excluding hydrogens is 121 g/mol. The molecule has 3 heteroatoms. The summed E-state index contributed by atoms with van der Waals surface area (Å²) in [5.41, 5.74) is 0. The normalized spacial score (nSPS) is 43.0. The lowest BCUT2D eigenvalue weighted by molar-refractivity contribution is 0.0132. The molecule has 0 aliphatic carbocycles. The maximum Gasteiger partial charge on any atom is 0.139 e. The van der Waals surface area contributed by atoms with Crippen molar-refractivity contribution >= 4 is 0 Å². The lowest BCUT2D eigenvalue weighted by Crippen LogP contribution is -2.42. The molecule has 0 aromatic rings. The molecule has 0 aromatic carbocycles. The van der Waals surface area contributed by atoms with Crippen molar-refractivity contribution in [3.63, 3.8) is 0 Å². The molecule has 2 unspecified atom stereocenters. The van der Waals surface area contributed by atoms with Crippen molar-refractivity contribution in [2.45, 2.75) is 18.7 Å². The minimum atomic E-state index is -2.48. The van der Waals surface area contributed by atoms with Crippen LogP contribution in [0.25, 0.3) is 0 Å². The van der Waals surface area contributed by atoms with Gasteiger partial charge in [0.2, 0.25) is 0 Å². The van der Waals surface area contributed by atoms with E-state index in [4.69, 9.17) is 4.11 Å². The number of piperidine rings is 1. The average Bonchev–Trinajstić information content (AvgIpc) is 1.91. The average molecular weight is 136 g/mol. The van der Waals surface area contributed by atoms with Gasteiger partial charge in [-0.15, -0.1) is 0 Å². The van der Waals surface area contributed by atoms with Gasteiger partial charge in [-0.2, -0.15) is 0 Å². The van der Waals surface area contributed by atoms with Crippen LogP contribution in [0, 0.1) is 0 Å². The molecule has 1 saturated heterocycles. The predicted molar refractivity (Wildman–Crippen MR) is 33.2 cm³/mol. The Morgan fingerprint density at radius 2 is 2.78 bits per heavy atom. The molecule has 0 radical (unpaired) electrons. The first-order chi connectivity index (χ1) is 5.49. The zero-order chi connectivity index (χ0) is 9.19. The summed E-state index contributed by atoms with van der Waals surface area (Å²) >= 11 is 0.